The highest BCUT2D eigenvalue weighted by Crippen LogP contribution is 2.21. The summed E-state index contributed by atoms with van der Waals surface area (Å²) in [6.07, 6.45) is -2.52. The topological polar surface area (TPSA) is 131 Å². The predicted molar refractivity (Wildman–Crippen MR) is 75.2 cm³/mol. The van der Waals surface area contributed by atoms with Crippen molar-refractivity contribution in [3.05, 3.63) is 22.7 Å². The Morgan fingerprint density at radius 3 is 2.40 bits per heavy atom. The number of nitrogens with two attached hydrogens (primary N) is 1. The summed E-state index contributed by atoms with van der Waals surface area (Å²) < 4.78 is 6.47. The summed E-state index contributed by atoms with van der Waals surface area (Å²) >= 11 is 0. The Bertz CT molecular complexity index is 486. The second kappa shape index (κ2) is 7.77. The lowest BCUT2D eigenvalue weighted by Crippen LogP contribution is -2.37. The molecule has 0 unspecified atom stereocenters. The Morgan fingerprint density at radius 1 is 1.30 bits per heavy atom. The zero-order valence-electron chi connectivity index (χ0n) is 10.3. The van der Waals surface area contributed by atoms with E-state index in [1.165, 1.54) is 16.8 Å². The number of anilines is 1. The van der Waals surface area contributed by atoms with E-state index in [4.69, 9.17) is 15.6 Å². The van der Waals surface area contributed by atoms with Crippen LogP contribution in [0.4, 0.5) is 5.82 Å². The summed E-state index contributed by atoms with van der Waals surface area (Å²) in [7, 11) is 0. The van der Waals surface area contributed by atoms with Crippen molar-refractivity contribution < 1.29 is 20.1 Å². The van der Waals surface area contributed by atoms with Crippen LogP contribution in [0.2, 0.25) is 0 Å². The summed E-state index contributed by atoms with van der Waals surface area (Å²) in [6.45, 7) is -0.371. The first-order chi connectivity index (χ1) is 8.52. The van der Waals surface area contributed by atoms with Crippen LogP contribution < -0.4 is 11.4 Å². The molecule has 8 nitrogen and oxygen atoms in total. The first-order valence-electron chi connectivity index (χ1n) is 5.48. The van der Waals surface area contributed by atoms with E-state index >= 15 is 0 Å². The van der Waals surface area contributed by atoms with Crippen molar-refractivity contribution in [3.63, 3.8) is 0 Å². The molecule has 1 aliphatic heterocycles. The summed E-state index contributed by atoms with van der Waals surface area (Å²) in [5.41, 5.74) is 4.79. The van der Waals surface area contributed by atoms with Gasteiger partial charge in [-0.2, -0.15) is 4.98 Å². The monoisotopic (exact) mass is 329 g/mol. The van der Waals surface area contributed by atoms with Gasteiger partial charge in [0.1, 0.15) is 30.2 Å². The Balaban J connectivity index is 0.00000180. The molecule has 20 heavy (non-hydrogen) atoms. The maximum absolute atomic E-state index is 11.5. The van der Waals surface area contributed by atoms with E-state index < -0.39 is 36.7 Å². The predicted octanol–water partition coefficient (Wildman–Crippen LogP) is -1.85. The first-order valence-corrected chi connectivity index (χ1v) is 5.48. The summed E-state index contributed by atoms with van der Waals surface area (Å²) in [5, 5.41) is 28.2. The number of hydrogen-bond acceptors (Lipinski definition) is 7. The zero-order valence-corrected chi connectivity index (χ0v) is 12.0. The molecule has 4 atom stereocenters. The molecule has 1 fully saturated rings. The van der Waals surface area contributed by atoms with E-state index in [1.807, 2.05) is 0 Å². The number of nitrogens with zero attached hydrogens (tertiary/aromatic N) is 2. The Morgan fingerprint density at radius 2 is 1.90 bits per heavy atom. The molecule has 0 spiro atoms. The largest absolute Gasteiger partial charge is 0.394 e. The molecule has 10 heteroatoms. The van der Waals surface area contributed by atoms with Crippen LogP contribution in [0, 0.1) is 0 Å². The third-order valence-electron chi connectivity index (χ3n) is 2.91. The molecule has 0 aromatic carbocycles. The molecular formula is C10H17Cl2N3O5. The van der Waals surface area contributed by atoms with Gasteiger partial charge in [-0.05, 0) is 6.07 Å². The number of rotatable bonds is 3. The van der Waals surface area contributed by atoms with E-state index in [-0.39, 0.29) is 37.2 Å². The van der Waals surface area contributed by atoms with Gasteiger partial charge in [0.15, 0.2) is 0 Å². The van der Waals surface area contributed by atoms with Crippen LogP contribution in [0.3, 0.4) is 0 Å². The van der Waals surface area contributed by atoms with Crippen LogP contribution in [0.5, 0.6) is 0 Å². The fourth-order valence-corrected chi connectivity index (χ4v) is 1.90. The van der Waals surface area contributed by atoms with Gasteiger partial charge in [0, 0.05) is 6.20 Å². The minimum absolute atomic E-state index is 0. The molecule has 0 radical (unpaired) electrons. The van der Waals surface area contributed by atoms with Crippen LogP contribution in [0.15, 0.2) is 17.1 Å². The molecule has 116 valence electrons. The third kappa shape index (κ3) is 3.81. The van der Waals surface area contributed by atoms with Gasteiger partial charge in [-0.1, -0.05) is 0 Å². The molecule has 2 heterocycles. The van der Waals surface area contributed by atoms with Gasteiger partial charge in [0.05, 0.1) is 13.2 Å². The molecular weight excluding hydrogens is 313 g/mol. The number of halogens is 2. The van der Waals surface area contributed by atoms with E-state index in [2.05, 4.69) is 4.98 Å². The number of hydrogen-bond donors (Lipinski definition) is 4. The molecule has 0 saturated carbocycles. The Hall–Kier alpha value is -0.900. The maximum Gasteiger partial charge on any atom is 0.349 e. The lowest BCUT2D eigenvalue weighted by Gasteiger charge is -2.15. The van der Waals surface area contributed by atoms with Gasteiger partial charge in [-0.15, -0.1) is 24.8 Å². The molecule has 1 saturated heterocycles. The van der Waals surface area contributed by atoms with Crippen molar-refractivity contribution in [1.29, 1.82) is 0 Å². The average Bonchev–Trinajstić information content (AvgIpc) is 2.60. The highest BCUT2D eigenvalue weighted by atomic mass is 35.5. The first kappa shape index (κ1) is 19.1. The van der Waals surface area contributed by atoms with Gasteiger partial charge >= 0.3 is 5.69 Å². The van der Waals surface area contributed by atoms with Crippen molar-refractivity contribution >= 4 is 30.6 Å². The van der Waals surface area contributed by atoms with Gasteiger partial charge in [0.2, 0.25) is 0 Å². The number of ether oxygens (including phenoxy) is 1. The van der Waals surface area contributed by atoms with E-state index in [1.54, 1.807) is 0 Å². The standard InChI is InChI=1S/C10H15N3O5.2ClH/c11-7-1-2-13(10(17)12-7)3-5-8(15)9(16)6(4-14)18-5;;/h1-2,5-6,8-9,14-16H,3-4H2,(H2,11,12,17);2*1H/t5-,6+,8-,9+;;/m0../s1. The third-order valence-corrected chi connectivity index (χ3v) is 2.91. The van der Waals surface area contributed by atoms with Crippen LogP contribution in [0.25, 0.3) is 0 Å². The molecule has 0 bridgehead atoms. The van der Waals surface area contributed by atoms with Gasteiger partial charge < -0.3 is 25.8 Å². The number of aliphatic hydroxyl groups excluding tert-OH is 3. The van der Waals surface area contributed by atoms with Crippen LogP contribution >= 0.6 is 24.8 Å². The highest BCUT2D eigenvalue weighted by molar-refractivity contribution is 5.85. The summed E-state index contributed by atoms with van der Waals surface area (Å²) in [5.74, 6) is 0.109. The van der Waals surface area contributed by atoms with Gasteiger partial charge in [-0.3, -0.25) is 4.57 Å². The fraction of sp³-hybridized carbons (Fsp3) is 0.600. The van der Waals surface area contributed by atoms with Crippen molar-refractivity contribution in [1.82, 2.24) is 9.55 Å². The molecule has 1 aliphatic rings. The zero-order chi connectivity index (χ0) is 13.3. The van der Waals surface area contributed by atoms with Crippen LogP contribution in [-0.4, -0.2) is 55.9 Å². The van der Waals surface area contributed by atoms with E-state index in [0.717, 1.165) is 0 Å². The molecule has 0 aliphatic carbocycles. The quantitative estimate of drug-likeness (QED) is 0.512. The average molecular weight is 330 g/mol. The number of nitrogen functional groups attached to an aromatic ring is 1. The second-order valence-electron chi connectivity index (χ2n) is 4.16. The van der Waals surface area contributed by atoms with E-state index in [9.17, 15) is 15.0 Å². The molecule has 2 rings (SSSR count). The van der Waals surface area contributed by atoms with E-state index in [0.29, 0.717) is 0 Å². The minimum Gasteiger partial charge on any atom is -0.394 e. The highest BCUT2D eigenvalue weighted by Gasteiger charge is 2.42. The molecule has 1 aromatic heterocycles. The molecule has 5 N–H and O–H groups in total. The number of aliphatic hydroxyl groups is 3. The minimum atomic E-state index is -1.17. The molecule has 1 aromatic rings. The van der Waals surface area contributed by atoms with Gasteiger partial charge in [-0.25, -0.2) is 4.79 Å². The van der Waals surface area contributed by atoms with Gasteiger partial charge in [0.25, 0.3) is 0 Å². The maximum atomic E-state index is 11.5. The summed E-state index contributed by atoms with van der Waals surface area (Å²) in [4.78, 5) is 15.0. The summed E-state index contributed by atoms with van der Waals surface area (Å²) in [6, 6.07) is 1.45. The lowest BCUT2D eigenvalue weighted by atomic mass is 10.1. The number of aromatic nitrogens is 2. The van der Waals surface area contributed by atoms with Crippen LogP contribution in [-0.2, 0) is 11.3 Å². The SMILES string of the molecule is Cl.Cl.Nc1ccn(C[C@@H]2O[C@H](CO)[C@@H](O)[C@H]2O)c(=O)n1. The normalized spacial score (nSPS) is 28.6. The van der Waals surface area contributed by atoms with Crippen molar-refractivity contribution in [2.24, 2.45) is 0 Å². The lowest BCUT2D eigenvalue weighted by molar-refractivity contribution is -0.0269. The van der Waals surface area contributed by atoms with Crippen molar-refractivity contribution in [2.45, 2.75) is 31.0 Å². The smallest absolute Gasteiger partial charge is 0.349 e. The van der Waals surface area contributed by atoms with Crippen molar-refractivity contribution in [2.75, 3.05) is 12.3 Å². The molecule has 0 amide bonds. The fourth-order valence-electron chi connectivity index (χ4n) is 1.90. The van der Waals surface area contributed by atoms with Crippen LogP contribution in [0.1, 0.15) is 0 Å². The Kier molecular flexibility index (Phi) is 7.42. The van der Waals surface area contributed by atoms with Crippen molar-refractivity contribution in [3.8, 4) is 0 Å². The second-order valence-corrected chi connectivity index (χ2v) is 4.16. The Labute approximate surface area is 127 Å².